The summed E-state index contributed by atoms with van der Waals surface area (Å²) >= 11 is 6.32. The summed E-state index contributed by atoms with van der Waals surface area (Å²) in [5, 5.41) is 9.24. The molecule has 0 saturated carbocycles. The number of rotatable bonds is 3. The van der Waals surface area contributed by atoms with Crippen molar-refractivity contribution in [1.82, 2.24) is 4.98 Å². The highest BCUT2D eigenvalue weighted by Crippen LogP contribution is 2.39. The maximum Gasteiger partial charge on any atom is 0.336 e. The average molecular weight is 424 g/mol. The lowest BCUT2D eigenvalue weighted by atomic mass is 9.84. The van der Waals surface area contributed by atoms with Gasteiger partial charge in [-0.2, -0.15) is 0 Å². The highest BCUT2D eigenvalue weighted by atomic mass is 35.5. The summed E-state index contributed by atoms with van der Waals surface area (Å²) in [6.45, 7) is 5.49. The smallest absolute Gasteiger partial charge is 0.336 e. The molecule has 0 aliphatic heterocycles. The topological polar surface area (TPSA) is 70.2 Å². The summed E-state index contributed by atoms with van der Waals surface area (Å²) in [4.78, 5) is 26.6. The molecule has 0 fully saturated rings. The monoisotopic (exact) mass is 423 g/mol. The number of aromatic amines is 1. The maximum absolute atomic E-state index is 13.9. The fraction of sp³-hybridized carbons (Fsp3) is 0.238. The van der Waals surface area contributed by atoms with Crippen molar-refractivity contribution in [2.45, 2.75) is 32.6 Å². The minimum atomic E-state index is -2.86. The van der Waals surface area contributed by atoms with E-state index < -0.39 is 34.6 Å². The molecule has 0 atom stereocenters. The zero-order valence-electron chi connectivity index (χ0n) is 15.7. The molecule has 0 aliphatic rings. The first-order chi connectivity index (χ1) is 13.4. The molecular formula is C21H17ClF3NO3. The predicted octanol–water partition coefficient (Wildman–Crippen LogP) is 5.92. The molecule has 4 nitrogen and oxygen atoms in total. The van der Waals surface area contributed by atoms with Gasteiger partial charge in [-0.1, -0.05) is 32.4 Å². The fourth-order valence-corrected chi connectivity index (χ4v) is 3.69. The van der Waals surface area contributed by atoms with Crippen molar-refractivity contribution in [2.24, 2.45) is 0 Å². The minimum Gasteiger partial charge on any atom is -0.478 e. The molecular weight excluding hydrogens is 407 g/mol. The summed E-state index contributed by atoms with van der Waals surface area (Å²) in [5.41, 5.74) is -1.70. The summed E-state index contributed by atoms with van der Waals surface area (Å²) in [7, 11) is 0. The van der Waals surface area contributed by atoms with E-state index in [4.69, 9.17) is 11.6 Å². The van der Waals surface area contributed by atoms with Crippen LogP contribution in [0.1, 0.15) is 48.7 Å². The van der Waals surface area contributed by atoms with Crippen molar-refractivity contribution < 1.29 is 23.1 Å². The maximum atomic E-state index is 13.9. The molecule has 0 bridgehead atoms. The number of benzene rings is 2. The van der Waals surface area contributed by atoms with Gasteiger partial charge in [0.1, 0.15) is 5.82 Å². The van der Waals surface area contributed by atoms with Gasteiger partial charge in [-0.3, -0.25) is 4.79 Å². The first-order valence-corrected chi connectivity index (χ1v) is 9.00. The molecule has 1 aromatic heterocycles. The minimum absolute atomic E-state index is 0.0119. The van der Waals surface area contributed by atoms with E-state index in [1.54, 1.807) is 0 Å². The number of hydrogen-bond acceptors (Lipinski definition) is 2. The van der Waals surface area contributed by atoms with E-state index in [1.165, 1.54) is 12.1 Å². The van der Waals surface area contributed by atoms with Crippen molar-refractivity contribution in [3.05, 3.63) is 68.1 Å². The molecule has 0 aliphatic carbocycles. The second-order valence-electron chi connectivity index (χ2n) is 7.70. The largest absolute Gasteiger partial charge is 0.478 e. The Kier molecular flexibility index (Phi) is 5.21. The number of halogens is 4. The van der Waals surface area contributed by atoms with Crippen LogP contribution in [0.4, 0.5) is 13.2 Å². The van der Waals surface area contributed by atoms with Crippen molar-refractivity contribution in [3.8, 4) is 11.3 Å². The molecule has 0 amide bonds. The lowest BCUT2D eigenvalue weighted by Gasteiger charge is -2.23. The Morgan fingerprint density at radius 1 is 1.14 bits per heavy atom. The third kappa shape index (κ3) is 3.87. The summed E-state index contributed by atoms with van der Waals surface area (Å²) in [5.74, 6) is -2.35. The van der Waals surface area contributed by atoms with E-state index in [2.05, 4.69) is 4.98 Å². The van der Waals surface area contributed by atoms with Crippen LogP contribution in [0.5, 0.6) is 0 Å². The Bertz CT molecular complexity index is 1200. The summed E-state index contributed by atoms with van der Waals surface area (Å²) in [6.07, 6.45) is -2.86. The quantitative estimate of drug-likeness (QED) is 0.549. The van der Waals surface area contributed by atoms with Gasteiger partial charge in [-0.15, -0.1) is 0 Å². The molecule has 8 heteroatoms. The molecule has 152 valence electrons. The third-order valence-electron chi connectivity index (χ3n) is 4.60. The molecule has 29 heavy (non-hydrogen) atoms. The first kappa shape index (κ1) is 20.9. The summed E-state index contributed by atoms with van der Waals surface area (Å²) in [6, 6.07) is 5.32. The molecule has 0 spiro atoms. The van der Waals surface area contributed by atoms with E-state index in [-0.39, 0.29) is 32.7 Å². The Morgan fingerprint density at radius 2 is 1.79 bits per heavy atom. The Hall–Kier alpha value is -2.80. The van der Waals surface area contributed by atoms with E-state index in [9.17, 15) is 27.9 Å². The van der Waals surface area contributed by atoms with E-state index >= 15 is 0 Å². The number of aromatic nitrogens is 1. The van der Waals surface area contributed by atoms with Crippen molar-refractivity contribution >= 4 is 28.5 Å². The molecule has 0 unspecified atom stereocenters. The van der Waals surface area contributed by atoms with Gasteiger partial charge in [-0.25, -0.2) is 18.0 Å². The standard InChI is InChI=1S/C21H17ClF3NO3/c1-21(2,3)13-6-11(19(24)25)10(7-14(13)22)15-8-17(27)18-12(20(28)29)4-9(23)5-16(18)26-15/h4-8,19H,1-3H3,(H,26,27)(H,28,29). The predicted molar refractivity (Wildman–Crippen MR) is 106 cm³/mol. The number of carboxylic acid groups (broad SMARTS) is 1. The second-order valence-corrected chi connectivity index (χ2v) is 8.11. The van der Waals surface area contributed by atoms with Crippen LogP contribution in [0.3, 0.4) is 0 Å². The zero-order chi connectivity index (χ0) is 21.7. The molecule has 2 aromatic carbocycles. The number of nitrogens with one attached hydrogen (secondary N) is 1. The number of hydrogen-bond donors (Lipinski definition) is 2. The molecule has 3 aromatic rings. The highest BCUT2D eigenvalue weighted by molar-refractivity contribution is 6.31. The van der Waals surface area contributed by atoms with E-state index in [0.29, 0.717) is 5.56 Å². The SMILES string of the molecule is CC(C)(C)c1cc(C(F)F)c(-c2cc(=O)c3c(C(=O)O)cc(F)cc3[nH]2)cc1Cl. The number of carboxylic acids is 1. The van der Waals surface area contributed by atoms with Gasteiger partial charge >= 0.3 is 5.97 Å². The normalized spacial score (nSPS) is 12.0. The molecule has 2 N–H and O–H groups in total. The number of alkyl halides is 2. The highest BCUT2D eigenvalue weighted by Gasteiger charge is 2.24. The van der Waals surface area contributed by atoms with Crippen molar-refractivity contribution in [3.63, 3.8) is 0 Å². The molecule has 0 saturated heterocycles. The van der Waals surface area contributed by atoms with Crippen LogP contribution >= 0.6 is 11.6 Å². The number of fused-ring (bicyclic) bond motifs is 1. The van der Waals surface area contributed by atoms with Gasteiger partial charge in [0.15, 0.2) is 5.43 Å². The number of pyridine rings is 1. The van der Waals surface area contributed by atoms with Gasteiger partial charge in [0.05, 0.1) is 22.2 Å². The fourth-order valence-electron chi connectivity index (χ4n) is 3.25. The lowest BCUT2D eigenvalue weighted by Crippen LogP contribution is -2.14. The molecule has 3 rings (SSSR count). The molecule has 0 radical (unpaired) electrons. The van der Waals surface area contributed by atoms with Crippen LogP contribution in [-0.2, 0) is 5.41 Å². The van der Waals surface area contributed by atoms with Crippen molar-refractivity contribution in [1.29, 1.82) is 0 Å². The van der Waals surface area contributed by atoms with E-state index in [1.807, 2.05) is 20.8 Å². The van der Waals surface area contributed by atoms with Gasteiger partial charge in [-0.05, 0) is 35.2 Å². The average Bonchev–Trinajstić information content (AvgIpc) is 2.58. The van der Waals surface area contributed by atoms with Gasteiger partial charge in [0, 0.05) is 22.2 Å². The number of carbonyl (C=O) groups is 1. The van der Waals surface area contributed by atoms with Crippen molar-refractivity contribution in [2.75, 3.05) is 0 Å². The van der Waals surface area contributed by atoms with Gasteiger partial charge in [0.2, 0.25) is 0 Å². The lowest BCUT2D eigenvalue weighted by molar-refractivity contribution is 0.0698. The van der Waals surface area contributed by atoms with Crippen LogP contribution in [0.25, 0.3) is 22.2 Å². The summed E-state index contributed by atoms with van der Waals surface area (Å²) < 4.78 is 41.4. The van der Waals surface area contributed by atoms with Gasteiger partial charge < -0.3 is 10.1 Å². The van der Waals surface area contributed by atoms with Crippen LogP contribution in [0, 0.1) is 5.82 Å². The van der Waals surface area contributed by atoms with Gasteiger partial charge in [0.25, 0.3) is 6.43 Å². The van der Waals surface area contributed by atoms with Crippen LogP contribution in [0.2, 0.25) is 5.02 Å². The Labute approximate surface area is 168 Å². The van der Waals surface area contributed by atoms with E-state index in [0.717, 1.165) is 18.2 Å². The van der Waals surface area contributed by atoms with Crippen LogP contribution in [0.15, 0.2) is 35.1 Å². The van der Waals surface area contributed by atoms with Crippen LogP contribution in [-0.4, -0.2) is 16.1 Å². The Morgan fingerprint density at radius 3 is 2.34 bits per heavy atom. The first-order valence-electron chi connectivity index (χ1n) is 8.62. The molecule has 1 heterocycles. The van der Waals surface area contributed by atoms with Crippen LogP contribution < -0.4 is 5.43 Å². The zero-order valence-corrected chi connectivity index (χ0v) is 16.5. The third-order valence-corrected chi connectivity index (χ3v) is 4.91. The second kappa shape index (κ2) is 7.22. The Balaban J connectivity index is 2.36. The number of aromatic carboxylic acids is 1. The number of H-pyrrole nitrogens is 1.